The van der Waals surface area contributed by atoms with Gasteiger partial charge in [0.1, 0.15) is 28.8 Å². The summed E-state index contributed by atoms with van der Waals surface area (Å²) in [5, 5.41) is 0. The average Bonchev–Trinajstić information content (AvgIpc) is 2.96. The largest absolute Gasteiger partial charge is 0.304 e. The van der Waals surface area contributed by atoms with Crippen LogP contribution in [0.15, 0.2) is 41.1 Å². The molecule has 4 rings (SSSR count). The molecule has 0 unspecified atom stereocenters. The third kappa shape index (κ3) is 3.32. The Hall–Kier alpha value is -2.74. The van der Waals surface area contributed by atoms with E-state index in [-0.39, 0.29) is 12.4 Å². The predicted octanol–water partition coefficient (Wildman–Crippen LogP) is 4.59. The van der Waals surface area contributed by atoms with Crippen LogP contribution < -0.4 is 0 Å². The molecule has 27 heavy (non-hydrogen) atoms. The summed E-state index contributed by atoms with van der Waals surface area (Å²) in [5.74, 6) is 0.223. The molecule has 0 aliphatic carbocycles. The van der Waals surface area contributed by atoms with Crippen molar-refractivity contribution in [1.29, 1.82) is 0 Å². The first-order valence-electron chi connectivity index (χ1n) is 8.18. The van der Waals surface area contributed by atoms with Crippen LogP contribution in [0, 0.1) is 25.5 Å². The van der Waals surface area contributed by atoms with E-state index in [1.807, 2.05) is 6.92 Å². The summed E-state index contributed by atoms with van der Waals surface area (Å²) in [6, 6.07) is 6.22. The van der Waals surface area contributed by atoms with Crippen molar-refractivity contribution in [2.24, 2.45) is 0 Å². The van der Waals surface area contributed by atoms with Crippen LogP contribution in [0.5, 0.6) is 0 Å². The highest BCUT2D eigenvalue weighted by atomic mass is 79.9. The molecule has 136 valence electrons. The molecule has 1 aromatic carbocycles. The zero-order chi connectivity index (χ0) is 19.1. The lowest BCUT2D eigenvalue weighted by Crippen LogP contribution is -2.06. The van der Waals surface area contributed by atoms with Crippen LogP contribution in [-0.4, -0.2) is 24.5 Å². The van der Waals surface area contributed by atoms with E-state index < -0.39 is 5.82 Å². The molecule has 0 spiro atoms. The molecule has 0 N–H and O–H groups in total. The monoisotopic (exact) mass is 429 g/mol. The second-order valence-electron chi connectivity index (χ2n) is 6.18. The predicted molar refractivity (Wildman–Crippen MR) is 101 cm³/mol. The van der Waals surface area contributed by atoms with E-state index in [9.17, 15) is 8.78 Å². The molecule has 0 aliphatic heterocycles. The van der Waals surface area contributed by atoms with Gasteiger partial charge in [-0.05, 0) is 32.0 Å². The van der Waals surface area contributed by atoms with Crippen molar-refractivity contribution in [3.63, 3.8) is 0 Å². The number of benzene rings is 1. The molecule has 5 nitrogen and oxygen atoms in total. The molecule has 3 heterocycles. The number of hydrogen-bond donors (Lipinski definition) is 0. The van der Waals surface area contributed by atoms with Crippen LogP contribution in [0.25, 0.3) is 22.6 Å². The number of rotatable bonds is 3. The van der Waals surface area contributed by atoms with Crippen molar-refractivity contribution in [1.82, 2.24) is 24.5 Å². The molecule has 0 radical (unpaired) electrons. The van der Waals surface area contributed by atoms with Crippen molar-refractivity contribution in [2.45, 2.75) is 20.4 Å². The van der Waals surface area contributed by atoms with Crippen molar-refractivity contribution >= 4 is 27.1 Å². The Kier molecular flexibility index (Phi) is 4.43. The summed E-state index contributed by atoms with van der Waals surface area (Å²) in [6.45, 7) is 3.81. The molecule has 0 saturated carbocycles. The van der Waals surface area contributed by atoms with Crippen LogP contribution in [-0.2, 0) is 6.54 Å². The number of fused-ring (bicyclic) bond motifs is 1. The Labute approximate surface area is 162 Å². The highest BCUT2D eigenvalue weighted by molar-refractivity contribution is 9.10. The van der Waals surface area contributed by atoms with Crippen molar-refractivity contribution < 1.29 is 8.78 Å². The van der Waals surface area contributed by atoms with Gasteiger partial charge in [0.2, 0.25) is 0 Å². The van der Waals surface area contributed by atoms with E-state index in [0.717, 1.165) is 6.20 Å². The molecule has 0 aliphatic rings. The number of nitrogens with zero attached hydrogens (tertiary/aromatic N) is 5. The maximum Gasteiger partial charge on any atom is 0.164 e. The first kappa shape index (κ1) is 17.7. The molecule has 0 atom stereocenters. The molecule has 0 fully saturated rings. The lowest BCUT2D eigenvalue weighted by molar-refractivity contribution is 0.600. The zero-order valence-electron chi connectivity index (χ0n) is 14.5. The lowest BCUT2D eigenvalue weighted by atomic mass is 10.2. The fourth-order valence-corrected chi connectivity index (χ4v) is 3.33. The summed E-state index contributed by atoms with van der Waals surface area (Å²) in [6.07, 6.45) is 2.65. The molecule has 0 saturated heterocycles. The maximum atomic E-state index is 14.4. The van der Waals surface area contributed by atoms with Gasteiger partial charge in [0.25, 0.3) is 0 Å². The highest BCUT2D eigenvalue weighted by Crippen LogP contribution is 2.27. The quantitative estimate of drug-likeness (QED) is 0.477. The molecule has 4 aromatic rings. The fraction of sp³-hybridized carbons (Fsp3) is 0.158. The third-order valence-corrected chi connectivity index (χ3v) is 4.68. The Morgan fingerprint density at radius 2 is 1.85 bits per heavy atom. The van der Waals surface area contributed by atoms with Crippen molar-refractivity contribution in [2.75, 3.05) is 0 Å². The van der Waals surface area contributed by atoms with Crippen molar-refractivity contribution in [3.05, 3.63) is 69.8 Å². The van der Waals surface area contributed by atoms with Gasteiger partial charge in [-0.15, -0.1) is 0 Å². The third-order valence-electron chi connectivity index (χ3n) is 4.19. The molecular formula is C19H14BrF2N5. The van der Waals surface area contributed by atoms with Gasteiger partial charge in [0.05, 0.1) is 18.4 Å². The van der Waals surface area contributed by atoms with Gasteiger partial charge in [0.15, 0.2) is 5.65 Å². The molecular weight excluding hydrogens is 416 g/mol. The van der Waals surface area contributed by atoms with E-state index in [0.29, 0.717) is 44.1 Å². The van der Waals surface area contributed by atoms with Crippen LogP contribution in [0.1, 0.15) is 17.1 Å². The van der Waals surface area contributed by atoms with Crippen LogP contribution in [0.4, 0.5) is 8.78 Å². The molecule has 0 bridgehead atoms. The number of aryl methyl sites for hydroxylation is 2. The first-order chi connectivity index (χ1) is 12.9. The van der Waals surface area contributed by atoms with Gasteiger partial charge in [-0.25, -0.2) is 23.7 Å². The van der Waals surface area contributed by atoms with Crippen LogP contribution >= 0.6 is 15.9 Å². The van der Waals surface area contributed by atoms with Crippen LogP contribution in [0.3, 0.4) is 0 Å². The maximum absolute atomic E-state index is 14.4. The number of imidazole rings is 1. The zero-order valence-corrected chi connectivity index (χ0v) is 16.1. The average molecular weight is 430 g/mol. The van der Waals surface area contributed by atoms with E-state index >= 15 is 0 Å². The van der Waals surface area contributed by atoms with Crippen molar-refractivity contribution in [3.8, 4) is 11.4 Å². The van der Waals surface area contributed by atoms with Gasteiger partial charge in [-0.1, -0.05) is 22.0 Å². The first-order valence-corrected chi connectivity index (χ1v) is 8.98. The number of halogens is 3. The Balaban J connectivity index is 1.97. The Morgan fingerprint density at radius 3 is 2.59 bits per heavy atom. The smallest absolute Gasteiger partial charge is 0.164 e. The minimum Gasteiger partial charge on any atom is -0.304 e. The van der Waals surface area contributed by atoms with E-state index in [4.69, 9.17) is 0 Å². The summed E-state index contributed by atoms with van der Waals surface area (Å²) in [7, 11) is 0. The minimum atomic E-state index is -0.472. The highest BCUT2D eigenvalue weighted by Gasteiger charge is 2.19. The van der Waals surface area contributed by atoms with Gasteiger partial charge in [-0.2, -0.15) is 0 Å². The number of pyridine rings is 1. The Bertz CT molecular complexity index is 1170. The topological polar surface area (TPSA) is 56.5 Å². The molecule has 8 heteroatoms. The van der Waals surface area contributed by atoms with Crippen LogP contribution in [0.2, 0.25) is 0 Å². The lowest BCUT2D eigenvalue weighted by Gasteiger charge is -2.10. The number of hydrogen-bond acceptors (Lipinski definition) is 4. The number of aromatic nitrogens is 5. The summed E-state index contributed by atoms with van der Waals surface area (Å²) < 4.78 is 30.6. The van der Waals surface area contributed by atoms with Gasteiger partial charge in [-0.3, -0.25) is 4.98 Å². The molecule has 0 amide bonds. The normalized spacial score (nSPS) is 11.3. The SMILES string of the molecule is Cc1nc(C)c2nc(-c3cncc(F)c3)n(Cc3ccc(Br)cc3F)c2n1. The van der Waals surface area contributed by atoms with Gasteiger partial charge < -0.3 is 4.57 Å². The second-order valence-corrected chi connectivity index (χ2v) is 7.09. The van der Waals surface area contributed by atoms with E-state index in [2.05, 4.69) is 35.9 Å². The second kappa shape index (κ2) is 6.77. The minimum absolute atomic E-state index is 0.192. The molecule has 3 aromatic heterocycles. The standard InChI is InChI=1S/C19H14BrF2N5/c1-10-17-19(25-11(2)24-10)27(9-12-3-4-14(20)6-16(12)22)18(26-17)13-5-15(21)8-23-7-13/h3-8H,9H2,1-2H3. The van der Waals surface area contributed by atoms with Gasteiger partial charge >= 0.3 is 0 Å². The van der Waals surface area contributed by atoms with E-state index in [1.54, 1.807) is 23.6 Å². The summed E-state index contributed by atoms with van der Waals surface area (Å²) in [4.78, 5) is 17.3. The summed E-state index contributed by atoms with van der Waals surface area (Å²) in [5.41, 5.74) is 2.83. The Morgan fingerprint density at radius 1 is 1.04 bits per heavy atom. The van der Waals surface area contributed by atoms with E-state index in [1.165, 1.54) is 18.3 Å². The van der Waals surface area contributed by atoms with Gasteiger partial charge in [0, 0.05) is 21.8 Å². The fourth-order valence-electron chi connectivity index (χ4n) is 3.00. The summed E-state index contributed by atoms with van der Waals surface area (Å²) >= 11 is 3.26.